The van der Waals surface area contributed by atoms with E-state index < -0.39 is 10.0 Å². The monoisotopic (exact) mass is 310 g/mol. The lowest BCUT2D eigenvalue weighted by Gasteiger charge is -2.18. The average Bonchev–Trinajstić information content (AvgIpc) is 2.44. The lowest BCUT2D eigenvalue weighted by molar-refractivity contribution is 0.499. The van der Waals surface area contributed by atoms with Crippen LogP contribution in [-0.2, 0) is 23.0 Å². The van der Waals surface area contributed by atoms with Gasteiger partial charge in [0.15, 0.2) is 0 Å². The Bertz CT molecular complexity index is 580. The van der Waals surface area contributed by atoms with Crippen molar-refractivity contribution < 1.29 is 8.42 Å². The van der Waals surface area contributed by atoms with Gasteiger partial charge in [-0.15, -0.1) is 6.58 Å². The summed E-state index contributed by atoms with van der Waals surface area (Å²) >= 11 is 0. The predicted molar refractivity (Wildman–Crippen MR) is 87.8 cm³/mol. The van der Waals surface area contributed by atoms with Gasteiger partial charge in [0.05, 0.1) is 4.90 Å². The van der Waals surface area contributed by atoms with E-state index in [-0.39, 0.29) is 0 Å². The highest BCUT2D eigenvalue weighted by molar-refractivity contribution is 7.89. The largest absolute Gasteiger partial charge is 0.310 e. The maximum atomic E-state index is 12.5. The summed E-state index contributed by atoms with van der Waals surface area (Å²) in [6, 6.07) is 5.74. The standard InChI is InChI=1S/C16H26N2O2S/c1-6-10-18(5)21(19,20)16-9-8-14(7-2)15(11-16)12-17-13(3)4/h6,8-9,11,13,17H,1,7,10,12H2,2-5H3. The molecule has 0 spiro atoms. The molecule has 118 valence electrons. The Morgan fingerprint density at radius 2 is 2.00 bits per heavy atom. The van der Waals surface area contributed by atoms with E-state index in [1.165, 1.54) is 9.87 Å². The Hall–Kier alpha value is -1.17. The van der Waals surface area contributed by atoms with Crippen LogP contribution in [0, 0.1) is 0 Å². The summed E-state index contributed by atoms with van der Waals surface area (Å²) in [6.07, 6.45) is 2.47. The molecule has 5 heteroatoms. The van der Waals surface area contributed by atoms with Crippen LogP contribution in [0.4, 0.5) is 0 Å². The van der Waals surface area contributed by atoms with Gasteiger partial charge >= 0.3 is 0 Å². The van der Waals surface area contributed by atoms with E-state index in [1.807, 2.05) is 6.07 Å². The van der Waals surface area contributed by atoms with Crippen LogP contribution in [0.3, 0.4) is 0 Å². The number of benzene rings is 1. The molecule has 4 nitrogen and oxygen atoms in total. The third kappa shape index (κ3) is 4.66. The number of sulfonamides is 1. The molecule has 0 aliphatic heterocycles. The summed E-state index contributed by atoms with van der Waals surface area (Å²) in [5.74, 6) is 0. The first-order chi connectivity index (χ1) is 9.82. The molecule has 1 N–H and O–H groups in total. The molecule has 0 bridgehead atoms. The summed E-state index contributed by atoms with van der Waals surface area (Å²) in [4.78, 5) is 0.338. The van der Waals surface area contributed by atoms with Crippen molar-refractivity contribution in [3.05, 3.63) is 42.0 Å². The van der Waals surface area contributed by atoms with Crippen LogP contribution in [0.5, 0.6) is 0 Å². The number of aryl methyl sites for hydroxylation is 1. The first-order valence-corrected chi connectivity index (χ1v) is 8.69. The molecule has 1 rings (SSSR count). The zero-order valence-corrected chi connectivity index (χ0v) is 14.2. The fourth-order valence-electron chi connectivity index (χ4n) is 2.05. The van der Waals surface area contributed by atoms with Crippen LogP contribution in [0.15, 0.2) is 35.7 Å². The van der Waals surface area contributed by atoms with E-state index in [4.69, 9.17) is 0 Å². The Morgan fingerprint density at radius 1 is 1.33 bits per heavy atom. The van der Waals surface area contributed by atoms with E-state index in [9.17, 15) is 8.42 Å². The quantitative estimate of drug-likeness (QED) is 0.751. The van der Waals surface area contributed by atoms with Crippen molar-refractivity contribution in [3.63, 3.8) is 0 Å². The molecule has 0 aromatic heterocycles. The second kappa shape index (κ2) is 7.73. The Kier molecular flexibility index (Phi) is 6.58. The van der Waals surface area contributed by atoms with Gasteiger partial charge in [-0.2, -0.15) is 4.31 Å². The SMILES string of the molecule is C=CCN(C)S(=O)(=O)c1ccc(CC)c(CNC(C)C)c1. The summed E-state index contributed by atoms with van der Waals surface area (Å²) in [5, 5.41) is 3.34. The summed E-state index contributed by atoms with van der Waals surface area (Å²) in [5.41, 5.74) is 2.22. The lowest BCUT2D eigenvalue weighted by atomic mass is 10.1. The van der Waals surface area contributed by atoms with E-state index in [2.05, 4.69) is 32.7 Å². The molecule has 21 heavy (non-hydrogen) atoms. The van der Waals surface area contributed by atoms with Gasteiger partial charge in [-0.05, 0) is 29.7 Å². The van der Waals surface area contributed by atoms with Crippen LogP contribution in [0.1, 0.15) is 31.9 Å². The number of hydrogen-bond acceptors (Lipinski definition) is 3. The topological polar surface area (TPSA) is 49.4 Å². The third-order valence-corrected chi connectivity index (χ3v) is 5.17. The van der Waals surface area contributed by atoms with E-state index in [0.717, 1.165) is 12.0 Å². The minimum atomic E-state index is -3.45. The molecule has 1 aromatic rings. The van der Waals surface area contributed by atoms with Gasteiger partial charge in [0.25, 0.3) is 0 Å². The Morgan fingerprint density at radius 3 is 2.52 bits per heavy atom. The van der Waals surface area contributed by atoms with Crippen LogP contribution < -0.4 is 5.32 Å². The highest BCUT2D eigenvalue weighted by atomic mass is 32.2. The lowest BCUT2D eigenvalue weighted by Crippen LogP contribution is -2.27. The van der Waals surface area contributed by atoms with Gasteiger partial charge in [0, 0.05) is 26.2 Å². The fourth-order valence-corrected chi connectivity index (χ4v) is 3.24. The van der Waals surface area contributed by atoms with Gasteiger partial charge in [0.2, 0.25) is 10.0 Å². The maximum Gasteiger partial charge on any atom is 0.243 e. The van der Waals surface area contributed by atoms with E-state index in [1.54, 1.807) is 25.3 Å². The first-order valence-electron chi connectivity index (χ1n) is 7.25. The van der Waals surface area contributed by atoms with Crippen molar-refractivity contribution in [3.8, 4) is 0 Å². The van der Waals surface area contributed by atoms with Crippen molar-refractivity contribution in [1.82, 2.24) is 9.62 Å². The van der Waals surface area contributed by atoms with Crippen LogP contribution in [0.25, 0.3) is 0 Å². The summed E-state index contributed by atoms with van der Waals surface area (Å²) in [7, 11) is -1.89. The molecule has 0 aliphatic carbocycles. The number of nitrogens with zero attached hydrogens (tertiary/aromatic N) is 1. The number of nitrogens with one attached hydrogen (secondary N) is 1. The second-order valence-electron chi connectivity index (χ2n) is 5.39. The van der Waals surface area contributed by atoms with Gasteiger partial charge in [-0.1, -0.05) is 32.9 Å². The van der Waals surface area contributed by atoms with Gasteiger partial charge < -0.3 is 5.32 Å². The van der Waals surface area contributed by atoms with E-state index >= 15 is 0 Å². The zero-order valence-electron chi connectivity index (χ0n) is 13.4. The van der Waals surface area contributed by atoms with Crippen LogP contribution >= 0.6 is 0 Å². The zero-order chi connectivity index (χ0) is 16.0. The van der Waals surface area contributed by atoms with Crippen molar-refractivity contribution >= 4 is 10.0 Å². The summed E-state index contributed by atoms with van der Waals surface area (Å²) in [6.45, 7) is 10.8. The molecule has 0 atom stereocenters. The minimum absolute atomic E-state index is 0.303. The molecule has 0 radical (unpaired) electrons. The van der Waals surface area contributed by atoms with Crippen molar-refractivity contribution in [2.75, 3.05) is 13.6 Å². The van der Waals surface area contributed by atoms with Crippen LogP contribution in [-0.4, -0.2) is 32.4 Å². The fraction of sp³-hybridized carbons (Fsp3) is 0.500. The third-order valence-electron chi connectivity index (χ3n) is 3.35. The maximum absolute atomic E-state index is 12.5. The second-order valence-corrected chi connectivity index (χ2v) is 7.44. The van der Waals surface area contributed by atoms with Gasteiger partial charge in [-0.25, -0.2) is 8.42 Å². The highest BCUT2D eigenvalue weighted by Crippen LogP contribution is 2.20. The molecular weight excluding hydrogens is 284 g/mol. The predicted octanol–water partition coefficient (Wildman–Crippen LogP) is 2.55. The average molecular weight is 310 g/mol. The first kappa shape index (κ1) is 17.9. The molecule has 0 fully saturated rings. The molecule has 0 saturated carbocycles. The molecule has 0 saturated heterocycles. The smallest absolute Gasteiger partial charge is 0.243 e. The molecule has 0 heterocycles. The van der Waals surface area contributed by atoms with Crippen molar-refractivity contribution in [2.45, 2.75) is 44.7 Å². The van der Waals surface area contributed by atoms with Gasteiger partial charge in [0.1, 0.15) is 0 Å². The number of likely N-dealkylation sites (N-methyl/N-ethyl adjacent to an activating group) is 1. The minimum Gasteiger partial charge on any atom is -0.310 e. The molecule has 0 aliphatic rings. The van der Waals surface area contributed by atoms with E-state index in [0.29, 0.717) is 24.0 Å². The van der Waals surface area contributed by atoms with Crippen molar-refractivity contribution in [2.24, 2.45) is 0 Å². The number of rotatable bonds is 8. The summed E-state index contributed by atoms with van der Waals surface area (Å²) < 4.78 is 26.2. The molecular formula is C16H26N2O2S. The molecule has 0 amide bonds. The van der Waals surface area contributed by atoms with Crippen molar-refractivity contribution in [1.29, 1.82) is 0 Å². The molecule has 1 aromatic carbocycles. The molecule has 0 unspecified atom stereocenters. The Labute approximate surface area is 128 Å². The Balaban J connectivity index is 3.15. The highest BCUT2D eigenvalue weighted by Gasteiger charge is 2.20. The number of hydrogen-bond donors (Lipinski definition) is 1. The normalized spacial score (nSPS) is 12.1. The van der Waals surface area contributed by atoms with Gasteiger partial charge in [-0.3, -0.25) is 0 Å². The van der Waals surface area contributed by atoms with Crippen LogP contribution in [0.2, 0.25) is 0 Å².